The van der Waals surface area contributed by atoms with E-state index in [-0.39, 0.29) is 0 Å². The Morgan fingerprint density at radius 1 is 1.29 bits per heavy atom. The molecule has 0 unspecified atom stereocenters. The van der Waals surface area contributed by atoms with Crippen molar-refractivity contribution in [3.05, 3.63) is 34.8 Å². The van der Waals surface area contributed by atoms with E-state index < -0.39 is 0 Å². The Morgan fingerprint density at radius 3 is 2.94 bits per heavy atom. The summed E-state index contributed by atoms with van der Waals surface area (Å²) in [6.45, 7) is 3.55. The molecule has 2 aromatic heterocycles. The van der Waals surface area contributed by atoms with Gasteiger partial charge in [-0.15, -0.1) is 11.3 Å². The first-order chi connectivity index (χ1) is 8.33. The van der Waals surface area contributed by atoms with Crippen molar-refractivity contribution < 1.29 is 4.74 Å². The fourth-order valence-corrected chi connectivity index (χ4v) is 2.53. The molecule has 0 fully saturated rings. The minimum absolute atomic E-state index is 0.666. The molecule has 0 atom stereocenters. The molecule has 0 saturated heterocycles. The first-order valence-electron chi connectivity index (χ1n) is 5.63. The Kier molecular flexibility index (Phi) is 4.12. The van der Waals surface area contributed by atoms with Crippen molar-refractivity contribution in [1.29, 1.82) is 0 Å². The maximum absolute atomic E-state index is 5.45. The summed E-state index contributed by atoms with van der Waals surface area (Å²) in [6, 6.07) is 4.22. The summed E-state index contributed by atoms with van der Waals surface area (Å²) in [4.78, 5) is 5.52. The van der Waals surface area contributed by atoms with Crippen LogP contribution in [0.5, 0.6) is 5.75 Å². The van der Waals surface area contributed by atoms with Gasteiger partial charge >= 0.3 is 0 Å². The van der Waals surface area contributed by atoms with Crippen LogP contribution >= 0.6 is 11.3 Å². The lowest BCUT2D eigenvalue weighted by atomic mass is 10.1. The zero-order chi connectivity index (χ0) is 12.1. The van der Waals surface area contributed by atoms with E-state index in [1.165, 1.54) is 10.4 Å². The van der Waals surface area contributed by atoms with Gasteiger partial charge in [0.25, 0.3) is 0 Å². The Labute approximate surface area is 105 Å². The van der Waals surface area contributed by atoms with Gasteiger partial charge in [0.15, 0.2) is 0 Å². The Morgan fingerprint density at radius 2 is 2.18 bits per heavy atom. The third-order valence-corrected chi connectivity index (χ3v) is 3.30. The van der Waals surface area contributed by atoms with Crippen LogP contribution in [-0.4, -0.2) is 18.6 Å². The highest BCUT2D eigenvalue weighted by molar-refractivity contribution is 7.10. The molecule has 0 radical (unpaired) electrons. The van der Waals surface area contributed by atoms with E-state index in [1.807, 2.05) is 26.2 Å². The summed E-state index contributed by atoms with van der Waals surface area (Å²) >= 11 is 1.76. The Hall–Kier alpha value is -1.39. The van der Waals surface area contributed by atoms with E-state index in [2.05, 4.69) is 21.7 Å². The third-order valence-electron chi connectivity index (χ3n) is 2.36. The summed E-state index contributed by atoms with van der Waals surface area (Å²) in [7, 11) is 1.96. The number of hydrogen-bond acceptors (Lipinski definition) is 4. The number of pyridine rings is 1. The molecule has 17 heavy (non-hydrogen) atoms. The summed E-state index contributed by atoms with van der Waals surface area (Å²) < 4.78 is 5.45. The maximum Gasteiger partial charge on any atom is 0.138 e. The molecule has 0 aromatic carbocycles. The van der Waals surface area contributed by atoms with Crippen LogP contribution in [-0.2, 0) is 6.54 Å². The number of hydrogen-bond donors (Lipinski definition) is 1. The van der Waals surface area contributed by atoms with Crippen LogP contribution in [0.1, 0.15) is 11.8 Å². The van der Waals surface area contributed by atoms with Gasteiger partial charge in [0.1, 0.15) is 5.75 Å². The average molecular weight is 248 g/mol. The van der Waals surface area contributed by atoms with Gasteiger partial charge in [-0.25, -0.2) is 0 Å². The third kappa shape index (κ3) is 3.05. The number of ether oxygens (including phenoxy) is 1. The van der Waals surface area contributed by atoms with E-state index in [4.69, 9.17) is 4.74 Å². The summed E-state index contributed by atoms with van der Waals surface area (Å²) in [5, 5.41) is 5.30. The van der Waals surface area contributed by atoms with Crippen LogP contribution in [0.25, 0.3) is 11.1 Å². The van der Waals surface area contributed by atoms with Crippen LogP contribution in [0.3, 0.4) is 0 Å². The molecule has 1 N–H and O–H groups in total. The molecule has 0 aliphatic rings. The van der Waals surface area contributed by atoms with Crippen molar-refractivity contribution in [2.75, 3.05) is 13.7 Å². The number of nitrogens with zero attached hydrogens (tertiary/aromatic N) is 1. The van der Waals surface area contributed by atoms with Gasteiger partial charge in [0.05, 0.1) is 12.8 Å². The second kappa shape index (κ2) is 5.80. The largest absolute Gasteiger partial charge is 0.492 e. The van der Waals surface area contributed by atoms with Gasteiger partial charge in [-0.3, -0.25) is 4.98 Å². The summed E-state index contributed by atoms with van der Waals surface area (Å²) in [5.41, 5.74) is 2.31. The number of rotatable bonds is 5. The summed E-state index contributed by atoms with van der Waals surface area (Å²) in [6.07, 6.45) is 3.61. The zero-order valence-electron chi connectivity index (χ0n) is 10.1. The highest BCUT2D eigenvalue weighted by Gasteiger charge is 2.04. The molecular formula is C13H16N2OS. The normalized spacial score (nSPS) is 10.5. The Balaban J connectivity index is 2.22. The van der Waals surface area contributed by atoms with Gasteiger partial charge < -0.3 is 10.1 Å². The molecule has 3 nitrogen and oxygen atoms in total. The second-order valence-electron chi connectivity index (χ2n) is 3.67. The zero-order valence-corrected chi connectivity index (χ0v) is 10.9. The molecule has 2 rings (SSSR count). The van der Waals surface area contributed by atoms with Crippen LogP contribution in [0, 0.1) is 0 Å². The number of aromatic nitrogens is 1. The van der Waals surface area contributed by atoms with Gasteiger partial charge in [-0.2, -0.15) is 0 Å². The minimum atomic E-state index is 0.666. The first-order valence-corrected chi connectivity index (χ1v) is 6.51. The van der Waals surface area contributed by atoms with Crippen molar-refractivity contribution in [3.63, 3.8) is 0 Å². The van der Waals surface area contributed by atoms with Crippen molar-refractivity contribution in [2.45, 2.75) is 13.5 Å². The summed E-state index contributed by atoms with van der Waals surface area (Å²) in [5.74, 6) is 0.825. The lowest BCUT2D eigenvalue weighted by Gasteiger charge is -2.03. The number of nitrogens with one attached hydrogen (secondary N) is 1. The van der Waals surface area contributed by atoms with Gasteiger partial charge in [0.2, 0.25) is 0 Å². The fraction of sp³-hybridized carbons (Fsp3) is 0.308. The predicted octanol–water partition coefficient (Wildman–Crippen LogP) is 2.93. The molecule has 90 valence electrons. The van der Waals surface area contributed by atoms with Crippen molar-refractivity contribution in [2.24, 2.45) is 0 Å². The van der Waals surface area contributed by atoms with Gasteiger partial charge in [-0.1, -0.05) is 0 Å². The first kappa shape index (κ1) is 12.1. The molecule has 4 heteroatoms. The highest BCUT2D eigenvalue weighted by atomic mass is 32.1. The molecule has 0 saturated carbocycles. The van der Waals surface area contributed by atoms with E-state index in [0.717, 1.165) is 17.9 Å². The standard InChI is InChI=1S/C13H16N2OS/c1-3-16-12-4-10(6-15-7-12)11-5-13(8-14-2)17-9-11/h4-7,9,14H,3,8H2,1-2H3. The molecule has 0 amide bonds. The molecule has 0 spiro atoms. The van der Waals surface area contributed by atoms with Gasteiger partial charge in [0, 0.05) is 23.2 Å². The quantitative estimate of drug-likeness (QED) is 0.883. The second-order valence-corrected chi connectivity index (χ2v) is 4.67. The molecular weight excluding hydrogens is 232 g/mol. The minimum Gasteiger partial charge on any atom is -0.492 e. The molecule has 0 aliphatic carbocycles. The van der Waals surface area contributed by atoms with Crippen molar-refractivity contribution in [1.82, 2.24) is 10.3 Å². The topological polar surface area (TPSA) is 34.1 Å². The van der Waals surface area contributed by atoms with Crippen LogP contribution in [0.15, 0.2) is 29.9 Å². The SMILES string of the molecule is CCOc1cncc(-c2csc(CNC)c2)c1. The van der Waals surface area contributed by atoms with Crippen LogP contribution in [0.2, 0.25) is 0 Å². The molecule has 0 bridgehead atoms. The molecule has 2 aromatic rings. The van der Waals surface area contributed by atoms with E-state index >= 15 is 0 Å². The molecule has 0 aliphatic heterocycles. The lowest BCUT2D eigenvalue weighted by molar-refractivity contribution is 0.339. The fourth-order valence-electron chi connectivity index (χ4n) is 1.62. The van der Waals surface area contributed by atoms with Crippen LogP contribution in [0.4, 0.5) is 0 Å². The predicted molar refractivity (Wildman–Crippen MR) is 71.5 cm³/mol. The van der Waals surface area contributed by atoms with E-state index in [0.29, 0.717) is 6.61 Å². The van der Waals surface area contributed by atoms with Crippen molar-refractivity contribution >= 4 is 11.3 Å². The van der Waals surface area contributed by atoms with Gasteiger partial charge in [-0.05, 0) is 37.0 Å². The number of thiophene rings is 1. The Bertz CT molecular complexity index is 482. The lowest BCUT2D eigenvalue weighted by Crippen LogP contribution is -2.02. The smallest absolute Gasteiger partial charge is 0.138 e. The van der Waals surface area contributed by atoms with E-state index in [9.17, 15) is 0 Å². The van der Waals surface area contributed by atoms with E-state index in [1.54, 1.807) is 17.5 Å². The van der Waals surface area contributed by atoms with Crippen molar-refractivity contribution in [3.8, 4) is 16.9 Å². The van der Waals surface area contributed by atoms with Crippen LogP contribution < -0.4 is 10.1 Å². The maximum atomic E-state index is 5.45. The monoisotopic (exact) mass is 248 g/mol. The average Bonchev–Trinajstić information content (AvgIpc) is 2.79. The molecule has 2 heterocycles. The highest BCUT2D eigenvalue weighted by Crippen LogP contribution is 2.27.